The van der Waals surface area contributed by atoms with Gasteiger partial charge in [0.25, 0.3) is 5.91 Å². The highest BCUT2D eigenvalue weighted by atomic mass is 16.3. The van der Waals surface area contributed by atoms with Gasteiger partial charge in [0.05, 0.1) is 5.56 Å². The van der Waals surface area contributed by atoms with Crippen molar-refractivity contribution >= 4 is 5.91 Å². The number of phenolic OH excluding ortho intramolecular Hbond substituents is 2. The van der Waals surface area contributed by atoms with E-state index in [1.807, 2.05) is 4.90 Å². The van der Waals surface area contributed by atoms with E-state index in [9.17, 15) is 15.0 Å². The molecule has 0 aromatic heterocycles. The monoisotopic (exact) mass is 277 g/mol. The Morgan fingerprint density at radius 2 is 1.95 bits per heavy atom. The van der Waals surface area contributed by atoms with E-state index in [-0.39, 0.29) is 29.0 Å². The van der Waals surface area contributed by atoms with Crippen molar-refractivity contribution in [2.45, 2.75) is 45.6 Å². The van der Waals surface area contributed by atoms with Gasteiger partial charge in [-0.2, -0.15) is 0 Å². The third-order valence-electron chi connectivity index (χ3n) is 3.80. The molecule has 4 heteroatoms. The van der Waals surface area contributed by atoms with Crippen LogP contribution in [-0.4, -0.2) is 33.6 Å². The van der Waals surface area contributed by atoms with Crippen LogP contribution in [-0.2, 0) is 0 Å². The highest BCUT2D eigenvalue weighted by molar-refractivity contribution is 5.97. The van der Waals surface area contributed by atoms with Crippen LogP contribution in [0.3, 0.4) is 0 Å². The average Bonchev–Trinajstić information content (AvgIpc) is 2.91. The molecule has 0 spiro atoms. The normalized spacial score (nSPS) is 15.8. The zero-order chi connectivity index (χ0) is 14.7. The van der Waals surface area contributed by atoms with E-state index in [0.717, 1.165) is 25.7 Å². The number of amides is 1. The molecule has 0 heterocycles. The van der Waals surface area contributed by atoms with E-state index in [1.54, 1.807) is 0 Å². The molecule has 2 rings (SSSR count). The highest BCUT2D eigenvalue weighted by Crippen LogP contribution is 2.29. The summed E-state index contributed by atoms with van der Waals surface area (Å²) in [5.41, 5.74) is 0.192. The lowest BCUT2D eigenvalue weighted by Crippen LogP contribution is -2.41. The van der Waals surface area contributed by atoms with Gasteiger partial charge in [-0.1, -0.05) is 26.7 Å². The van der Waals surface area contributed by atoms with Gasteiger partial charge in [0.2, 0.25) is 0 Å². The van der Waals surface area contributed by atoms with Gasteiger partial charge in [-0.05, 0) is 37.0 Å². The van der Waals surface area contributed by atoms with Crippen molar-refractivity contribution in [3.05, 3.63) is 23.8 Å². The van der Waals surface area contributed by atoms with Crippen molar-refractivity contribution in [1.82, 2.24) is 4.90 Å². The molecule has 0 aliphatic heterocycles. The van der Waals surface area contributed by atoms with E-state index in [4.69, 9.17) is 0 Å². The number of rotatable bonds is 4. The van der Waals surface area contributed by atoms with Crippen molar-refractivity contribution in [1.29, 1.82) is 0 Å². The number of phenols is 2. The van der Waals surface area contributed by atoms with Crippen LogP contribution in [0.25, 0.3) is 0 Å². The van der Waals surface area contributed by atoms with Crippen LogP contribution in [0, 0.1) is 5.92 Å². The summed E-state index contributed by atoms with van der Waals surface area (Å²) in [5, 5.41) is 19.4. The molecule has 1 saturated carbocycles. The molecule has 110 valence electrons. The first kappa shape index (κ1) is 14.7. The zero-order valence-electron chi connectivity index (χ0n) is 12.2. The summed E-state index contributed by atoms with van der Waals surface area (Å²) in [6, 6.07) is 4.35. The molecule has 0 radical (unpaired) electrons. The van der Waals surface area contributed by atoms with Crippen molar-refractivity contribution in [3.63, 3.8) is 0 Å². The van der Waals surface area contributed by atoms with E-state index in [0.29, 0.717) is 12.5 Å². The Morgan fingerprint density at radius 1 is 1.30 bits per heavy atom. The molecule has 1 aliphatic rings. The van der Waals surface area contributed by atoms with Gasteiger partial charge in [-0.3, -0.25) is 4.79 Å². The minimum absolute atomic E-state index is 0.00192. The Balaban J connectivity index is 2.27. The molecule has 0 atom stereocenters. The van der Waals surface area contributed by atoms with Crippen LogP contribution < -0.4 is 0 Å². The standard InChI is InChI=1S/C16H23NO3/c1-11(2)10-17(12-5-3-4-6-12)16(20)14-9-13(18)7-8-15(14)19/h7-9,11-12,18-19H,3-6,10H2,1-2H3. The highest BCUT2D eigenvalue weighted by Gasteiger charge is 2.29. The summed E-state index contributed by atoms with van der Waals surface area (Å²) in [6.07, 6.45) is 4.35. The molecule has 2 N–H and O–H groups in total. The summed E-state index contributed by atoms with van der Waals surface area (Å²) in [4.78, 5) is 14.6. The van der Waals surface area contributed by atoms with Crippen LogP contribution in [0.4, 0.5) is 0 Å². The number of aromatic hydroxyl groups is 2. The largest absolute Gasteiger partial charge is 0.508 e. The fraction of sp³-hybridized carbons (Fsp3) is 0.562. The molecule has 0 unspecified atom stereocenters. The third kappa shape index (κ3) is 3.24. The van der Waals surface area contributed by atoms with Gasteiger partial charge in [0.15, 0.2) is 0 Å². The maximum absolute atomic E-state index is 12.7. The van der Waals surface area contributed by atoms with Crippen molar-refractivity contribution in [2.75, 3.05) is 6.54 Å². The van der Waals surface area contributed by atoms with Crippen molar-refractivity contribution in [2.24, 2.45) is 5.92 Å². The van der Waals surface area contributed by atoms with Gasteiger partial charge in [-0.15, -0.1) is 0 Å². The lowest BCUT2D eigenvalue weighted by molar-refractivity contribution is 0.0652. The quantitative estimate of drug-likeness (QED) is 0.831. The predicted octanol–water partition coefficient (Wildman–Crippen LogP) is 3.14. The number of hydrogen-bond acceptors (Lipinski definition) is 3. The summed E-state index contributed by atoms with van der Waals surface area (Å²) < 4.78 is 0. The van der Waals surface area contributed by atoms with Crippen LogP contribution in [0.2, 0.25) is 0 Å². The number of carbonyl (C=O) groups is 1. The second-order valence-corrected chi connectivity index (χ2v) is 5.99. The maximum Gasteiger partial charge on any atom is 0.258 e. The molecule has 4 nitrogen and oxygen atoms in total. The molecule has 1 aromatic carbocycles. The second-order valence-electron chi connectivity index (χ2n) is 5.99. The molecular weight excluding hydrogens is 254 g/mol. The molecule has 1 aromatic rings. The topological polar surface area (TPSA) is 60.8 Å². The summed E-state index contributed by atoms with van der Waals surface area (Å²) in [5.74, 6) is 0.125. The van der Waals surface area contributed by atoms with E-state index in [1.165, 1.54) is 18.2 Å². The van der Waals surface area contributed by atoms with E-state index < -0.39 is 0 Å². The van der Waals surface area contributed by atoms with Crippen LogP contribution in [0.1, 0.15) is 49.9 Å². The molecule has 20 heavy (non-hydrogen) atoms. The van der Waals surface area contributed by atoms with Gasteiger partial charge >= 0.3 is 0 Å². The van der Waals surface area contributed by atoms with E-state index >= 15 is 0 Å². The molecule has 0 bridgehead atoms. The minimum atomic E-state index is -0.181. The van der Waals surface area contributed by atoms with Gasteiger partial charge in [-0.25, -0.2) is 0 Å². The van der Waals surface area contributed by atoms with Gasteiger partial charge < -0.3 is 15.1 Å². The Kier molecular flexibility index (Phi) is 4.53. The first-order chi connectivity index (χ1) is 9.49. The Bertz CT molecular complexity index is 479. The SMILES string of the molecule is CC(C)CN(C(=O)c1cc(O)ccc1O)C1CCCC1. The molecule has 1 fully saturated rings. The first-order valence-electron chi connectivity index (χ1n) is 7.32. The number of carbonyl (C=O) groups excluding carboxylic acids is 1. The average molecular weight is 277 g/mol. The number of nitrogens with zero attached hydrogens (tertiary/aromatic N) is 1. The Morgan fingerprint density at radius 3 is 2.55 bits per heavy atom. The smallest absolute Gasteiger partial charge is 0.258 e. The lowest BCUT2D eigenvalue weighted by Gasteiger charge is -2.31. The van der Waals surface area contributed by atoms with Gasteiger partial charge in [0.1, 0.15) is 11.5 Å². The van der Waals surface area contributed by atoms with Crippen molar-refractivity contribution in [3.8, 4) is 11.5 Å². The van der Waals surface area contributed by atoms with E-state index in [2.05, 4.69) is 13.8 Å². The third-order valence-corrected chi connectivity index (χ3v) is 3.80. The fourth-order valence-electron chi connectivity index (χ4n) is 2.86. The second kappa shape index (κ2) is 6.16. The fourth-order valence-corrected chi connectivity index (χ4v) is 2.86. The minimum Gasteiger partial charge on any atom is -0.508 e. The summed E-state index contributed by atoms with van der Waals surface area (Å²) in [6.45, 7) is 4.84. The number of benzene rings is 1. The van der Waals surface area contributed by atoms with Crippen LogP contribution in [0.5, 0.6) is 11.5 Å². The number of hydrogen-bond donors (Lipinski definition) is 2. The summed E-state index contributed by atoms with van der Waals surface area (Å²) in [7, 11) is 0. The maximum atomic E-state index is 12.7. The lowest BCUT2D eigenvalue weighted by atomic mass is 10.1. The van der Waals surface area contributed by atoms with Crippen LogP contribution in [0.15, 0.2) is 18.2 Å². The summed E-state index contributed by atoms with van der Waals surface area (Å²) >= 11 is 0. The molecule has 0 saturated heterocycles. The zero-order valence-corrected chi connectivity index (χ0v) is 12.2. The first-order valence-corrected chi connectivity index (χ1v) is 7.32. The van der Waals surface area contributed by atoms with Crippen molar-refractivity contribution < 1.29 is 15.0 Å². The van der Waals surface area contributed by atoms with Gasteiger partial charge in [0, 0.05) is 12.6 Å². The van der Waals surface area contributed by atoms with Crippen LogP contribution >= 0.6 is 0 Å². The Hall–Kier alpha value is -1.71. The molecule has 1 aliphatic carbocycles. The predicted molar refractivity (Wildman–Crippen MR) is 77.9 cm³/mol. The molecule has 1 amide bonds. The Labute approximate surface area is 120 Å². The molecular formula is C16H23NO3.